The molecule has 0 bridgehead atoms. The van der Waals surface area contributed by atoms with Crippen molar-refractivity contribution in [2.24, 2.45) is 0 Å². The van der Waals surface area contributed by atoms with Gasteiger partial charge >= 0.3 is 0 Å². The highest BCUT2D eigenvalue weighted by atomic mass is 79.9. The highest BCUT2D eigenvalue weighted by Gasteiger charge is 2.24. The number of alkyl halides is 1. The van der Waals surface area contributed by atoms with E-state index < -0.39 is 16.0 Å². The molecule has 0 unspecified atom stereocenters. The molecule has 0 radical (unpaired) electrons. The Balaban J connectivity index is 2.37. The number of hydrogen-bond donors (Lipinski definition) is 1. The second-order valence-corrected chi connectivity index (χ2v) is 7.19. The lowest BCUT2D eigenvalue weighted by Crippen LogP contribution is -2.30. The van der Waals surface area contributed by atoms with E-state index in [2.05, 4.69) is 26.2 Å². The van der Waals surface area contributed by atoms with Gasteiger partial charge in [-0.25, -0.2) is 13.8 Å². The van der Waals surface area contributed by atoms with E-state index in [4.69, 9.17) is 0 Å². The Labute approximate surface area is 114 Å². The van der Waals surface area contributed by atoms with Gasteiger partial charge in [-0.05, 0) is 19.9 Å². The minimum atomic E-state index is -0.755. The summed E-state index contributed by atoms with van der Waals surface area (Å²) in [4.78, 5) is 15.6. The monoisotopic (exact) mass is 334 g/mol. The molecule has 0 aliphatic heterocycles. The van der Waals surface area contributed by atoms with Crippen molar-refractivity contribution in [2.45, 2.75) is 18.2 Å². The second kappa shape index (κ2) is 4.55. The Kier molecular flexibility index (Phi) is 3.37. The summed E-state index contributed by atoms with van der Waals surface area (Å²) in [6, 6.07) is 1.95. The summed E-state index contributed by atoms with van der Waals surface area (Å²) in [6.07, 6.45) is 0. The zero-order valence-electron chi connectivity index (χ0n) is 9.55. The van der Waals surface area contributed by atoms with Crippen molar-refractivity contribution >= 4 is 48.5 Å². The first kappa shape index (κ1) is 13.4. The van der Waals surface area contributed by atoms with Crippen LogP contribution < -0.4 is 5.32 Å². The van der Waals surface area contributed by atoms with Crippen molar-refractivity contribution in [2.75, 3.05) is 5.32 Å². The van der Waals surface area contributed by atoms with Crippen molar-refractivity contribution in [3.05, 3.63) is 23.8 Å². The number of hydrogen-bond acceptors (Lipinski definition) is 3. The fourth-order valence-corrected chi connectivity index (χ4v) is 2.26. The maximum absolute atomic E-state index is 13.4. The first-order chi connectivity index (χ1) is 8.27. The molecule has 0 aliphatic carbocycles. The molecule has 1 amide bonds. The molecule has 7 heteroatoms. The van der Waals surface area contributed by atoms with Crippen molar-refractivity contribution in [3.63, 3.8) is 0 Å². The number of nitrogens with one attached hydrogen (secondary N) is 1. The van der Waals surface area contributed by atoms with Crippen LogP contribution in [0.1, 0.15) is 13.8 Å². The van der Waals surface area contributed by atoms with E-state index in [0.717, 1.165) is 17.4 Å². The topological polar surface area (TPSA) is 42.0 Å². The lowest BCUT2D eigenvalue weighted by atomic mass is 10.2. The fourth-order valence-electron chi connectivity index (χ4n) is 1.26. The summed E-state index contributed by atoms with van der Waals surface area (Å²) in [6.45, 7) is 3.35. The van der Waals surface area contributed by atoms with Gasteiger partial charge in [0.15, 0.2) is 10.9 Å². The number of benzene rings is 1. The fraction of sp³-hybridized carbons (Fsp3) is 0.273. The normalized spacial score (nSPS) is 11.8. The van der Waals surface area contributed by atoms with Crippen LogP contribution in [0.3, 0.4) is 0 Å². The lowest BCUT2D eigenvalue weighted by Gasteiger charge is -2.13. The molecule has 2 aromatic rings. The predicted molar refractivity (Wildman–Crippen MR) is 71.2 cm³/mol. The first-order valence-corrected chi connectivity index (χ1v) is 6.64. The van der Waals surface area contributed by atoms with Gasteiger partial charge in [-0.3, -0.25) is 4.79 Å². The van der Waals surface area contributed by atoms with Crippen molar-refractivity contribution in [3.8, 4) is 0 Å². The smallest absolute Gasteiger partial charge is 0.242 e. The number of nitrogens with zero attached hydrogens (tertiary/aromatic N) is 1. The standard InChI is InChI=1S/C11H9BrF2N2OS/c1-11(2,12)9(17)16-10-15-8-6(14)3-5(13)4-7(8)18-10/h3-4H,1-2H3,(H,15,16,17). The van der Waals surface area contributed by atoms with E-state index in [0.29, 0.717) is 4.70 Å². The largest absolute Gasteiger partial charge is 0.301 e. The van der Waals surface area contributed by atoms with E-state index in [1.165, 1.54) is 6.07 Å². The molecule has 0 saturated heterocycles. The van der Waals surface area contributed by atoms with Crippen LogP contribution in [0, 0.1) is 11.6 Å². The van der Waals surface area contributed by atoms with E-state index in [9.17, 15) is 13.6 Å². The minimum absolute atomic E-state index is 0.0593. The average Bonchev–Trinajstić information content (AvgIpc) is 2.58. The van der Waals surface area contributed by atoms with Gasteiger partial charge in [-0.1, -0.05) is 27.3 Å². The quantitative estimate of drug-likeness (QED) is 0.851. The molecule has 1 aromatic carbocycles. The maximum atomic E-state index is 13.4. The first-order valence-electron chi connectivity index (χ1n) is 5.03. The van der Waals surface area contributed by atoms with Crippen molar-refractivity contribution in [1.82, 2.24) is 4.98 Å². The van der Waals surface area contributed by atoms with Crippen LogP contribution in [0.5, 0.6) is 0 Å². The van der Waals surface area contributed by atoms with Crippen LogP contribution >= 0.6 is 27.3 Å². The summed E-state index contributed by atoms with van der Waals surface area (Å²) < 4.78 is 26.0. The van der Waals surface area contributed by atoms with Gasteiger partial charge in [0.1, 0.15) is 11.3 Å². The number of aromatic nitrogens is 1. The number of carbonyl (C=O) groups is 1. The van der Waals surface area contributed by atoms with Gasteiger partial charge in [0.05, 0.1) is 9.02 Å². The van der Waals surface area contributed by atoms with Crippen LogP contribution in [0.15, 0.2) is 12.1 Å². The highest BCUT2D eigenvalue weighted by molar-refractivity contribution is 9.10. The Bertz CT molecular complexity index is 621. The summed E-state index contributed by atoms with van der Waals surface area (Å²) >= 11 is 4.23. The Morgan fingerprint density at radius 1 is 1.44 bits per heavy atom. The van der Waals surface area contributed by atoms with Crippen LogP contribution in [0.25, 0.3) is 10.2 Å². The SMILES string of the molecule is CC(C)(Br)C(=O)Nc1nc2c(F)cc(F)cc2s1. The van der Waals surface area contributed by atoms with Gasteiger partial charge in [-0.2, -0.15) is 0 Å². The predicted octanol–water partition coefficient (Wildman–Crippen LogP) is 3.69. The van der Waals surface area contributed by atoms with E-state index >= 15 is 0 Å². The summed E-state index contributed by atoms with van der Waals surface area (Å²) in [5, 5.41) is 2.79. The molecule has 1 N–H and O–H groups in total. The lowest BCUT2D eigenvalue weighted by molar-refractivity contribution is -0.117. The third kappa shape index (κ3) is 2.67. The molecule has 0 atom stereocenters. The zero-order valence-corrected chi connectivity index (χ0v) is 12.0. The summed E-state index contributed by atoms with van der Waals surface area (Å²) in [5.41, 5.74) is 0.0593. The van der Waals surface area contributed by atoms with E-state index in [1.54, 1.807) is 13.8 Å². The van der Waals surface area contributed by atoms with E-state index in [1.807, 2.05) is 0 Å². The van der Waals surface area contributed by atoms with Gasteiger partial charge < -0.3 is 5.32 Å². The molecular formula is C11H9BrF2N2OS. The average molecular weight is 335 g/mol. The molecule has 3 nitrogen and oxygen atoms in total. The number of amides is 1. The molecule has 0 spiro atoms. The third-order valence-corrected chi connectivity index (χ3v) is 3.45. The van der Waals surface area contributed by atoms with Crippen LogP contribution in [-0.4, -0.2) is 15.2 Å². The zero-order chi connectivity index (χ0) is 13.5. The van der Waals surface area contributed by atoms with Crippen molar-refractivity contribution in [1.29, 1.82) is 0 Å². The number of carbonyl (C=O) groups excluding carboxylic acids is 1. The Morgan fingerprint density at radius 2 is 2.11 bits per heavy atom. The van der Waals surface area contributed by atoms with Gasteiger partial charge in [0.25, 0.3) is 0 Å². The van der Waals surface area contributed by atoms with Crippen LogP contribution in [-0.2, 0) is 4.79 Å². The molecule has 0 aliphatic rings. The molecule has 1 aromatic heterocycles. The Hall–Kier alpha value is -1.08. The van der Waals surface area contributed by atoms with Gasteiger partial charge in [-0.15, -0.1) is 0 Å². The van der Waals surface area contributed by atoms with Crippen LogP contribution in [0.4, 0.5) is 13.9 Å². The maximum Gasteiger partial charge on any atom is 0.242 e. The molecule has 18 heavy (non-hydrogen) atoms. The molecule has 0 saturated carbocycles. The number of halogens is 3. The molecule has 96 valence electrons. The Morgan fingerprint density at radius 3 is 2.72 bits per heavy atom. The summed E-state index contributed by atoms with van der Waals surface area (Å²) in [5.74, 6) is -1.70. The van der Waals surface area contributed by atoms with Gasteiger partial charge in [0.2, 0.25) is 5.91 Å². The highest BCUT2D eigenvalue weighted by Crippen LogP contribution is 2.29. The molecule has 1 heterocycles. The number of thiazole rings is 1. The number of fused-ring (bicyclic) bond motifs is 1. The molecule has 2 rings (SSSR count). The minimum Gasteiger partial charge on any atom is -0.301 e. The third-order valence-electron chi connectivity index (χ3n) is 2.17. The van der Waals surface area contributed by atoms with Crippen molar-refractivity contribution < 1.29 is 13.6 Å². The van der Waals surface area contributed by atoms with Gasteiger partial charge in [0, 0.05) is 6.07 Å². The summed E-state index contributed by atoms with van der Waals surface area (Å²) in [7, 11) is 0. The van der Waals surface area contributed by atoms with Crippen LogP contribution in [0.2, 0.25) is 0 Å². The second-order valence-electron chi connectivity index (χ2n) is 4.18. The molecule has 0 fully saturated rings. The number of anilines is 1. The number of rotatable bonds is 2. The molecular weight excluding hydrogens is 326 g/mol. The van der Waals surface area contributed by atoms with E-state index in [-0.39, 0.29) is 16.6 Å².